The molecule has 0 radical (unpaired) electrons. The van der Waals surface area contributed by atoms with E-state index in [1.54, 1.807) is 6.07 Å². The van der Waals surface area contributed by atoms with Gasteiger partial charge < -0.3 is 15.4 Å². The number of alkyl halides is 3. The molecule has 2 fully saturated rings. The quantitative estimate of drug-likeness (QED) is 0.760. The Morgan fingerprint density at radius 2 is 1.89 bits per heavy atom. The van der Waals surface area contributed by atoms with Crippen molar-refractivity contribution in [1.29, 1.82) is 0 Å². The summed E-state index contributed by atoms with van der Waals surface area (Å²) in [6.07, 6.45) is 3.65. The highest BCUT2D eigenvalue weighted by Gasteiger charge is 2.45. The summed E-state index contributed by atoms with van der Waals surface area (Å²) in [6.45, 7) is 0.735. The number of likely N-dealkylation sites (N-methyl/N-ethyl adjacent to an activating group) is 1. The van der Waals surface area contributed by atoms with Crippen molar-refractivity contribution in [2.24, 2.45) is 11.8 Å². The average Bonchev–Trinajstić information content (AvgIpc) is 2.67. The second-order valence-corrected chi connectivity index (χ2v) is 8.35. The summed E-state index contributed by atoms with van der Waals surface area (Å²) in [5.41, 5.74) is 0.921. The number of nitrogens with one attached hydrogen (secondary N) is 2. The van der Waals surface area contributed by atoms with Gasteiger partial charge in [-0.15, -0.1) is 0 Å². The summed E-state index contributed by atoms with van der Waals surface area (Å²) in [5.74, 6) is 0.836. The molecule has 0 amide bonds. The lowest BCUT2D eigenvalue weighted by Crippen LogP contribution is -2.48. The SMILES string of the molecule is CNCC1CCC2C(O1)c1cc(C(F)(F)F)ccc1N[C@@H]2C1CCCCC1. The first-order valence-corrected chi connectivity index (χ1v) is 10.2. The molecule has 2 N–H and O–H groups in total. The molecule has 3 nitrogen and oxygen atoms in total. The van der Waals surface area contributed by atoms with Crippen LogP contribution in [0.4, 0.5) is 18.9 Å². The third-order valence-electron chi connectivity index (χ3n) is 6.61. The molecule has 1 aromatic rings. The molecular weight excluding hydrogens is 353 g/mol. The van der Waals surface area contributed by atoms with Crippen LogP contribution in [0, 0.1) is 11.8 Å². The number of fused-ring (bicyclic) bond motifs is 3. The molecule has 150 valence electrons. The Balaban J connectivity index is 1.68. The maximum Gasteiger partial charge on any atom is 0.416 e. The second kappa shape index (κ2) is 7.63. The van der Waals surface area contributed by atoms with Crippen molar-refractivity contribution in [3.05, 3.63) is 29.3 Å². The zero-order valence-electron chi connectivity index (χ0n) is 15.8. The number of anilines is 1. The van der Waals surface area contributed by atoms with Gasteiger partial charge in [-0.1, -0.05) is 19.3 Å². The molecule has 2 aliphatic heterocycles. The van der Waals surface area contributed by atoms with Crippen LogP contribution in [0.1, 0.15) is 62.2 Å². The third kappa shape index (κ3) is 3.83. The molecule has 0 spiro atoms. The summed E-state index contributed by atoms with van der Waals surface area (Å²) < 4.78 is 46.2. The van der Waals surface area contributed by atoms with E-state index in [1.165, 1.54) is 44.2 Å². The van der Waals surface area contributed by atoms with Gasteiger partial charge in [-0.2, -0.15) is 13.2 Å². The Kier molecular flexibility index (Phi) is 5.39. The van der Waals surface area contributed by atoms with Gasteiger partial charge in [-0.05, 0) is 56.8 Å². The normalized spacial score (nSPS) is 31.7. The van der Waals surface area contributed by atoms with Gasteiger partial charge in [0.05, 0.1) is 17.8 Å². The van der Waals surface area contributed by atoms with E-state index in [4.69, 9.17) is 4.74 Å². The van der Waals surface area contributed by atoms with Gasteiger partial charge in [-0.3, -0.25) is 0 Å². The van der Waals surface area contributed by atoms with Crippen LogP contribution in [0.25, 0.3) is 0 Å². The van der Waals surface area contributed by atoms with E-state index in [1.807, 2.05) is 7.05 Å². The van der Waals surface area contributed by atoms with Gasteiger partial charge >= 0.3 is 6.18 Å². The van der Waals surface area contributed by atoms with E-state index in [0.717, 1.165) is 25.1 Å². The minimum absolute atomic E-state index is 0.0590. The summed E-state index contributed by atoms with van der Waals surface area (Å²) in [4.78, 5) is 0. The molecule has 1 saturated heterocycles. The first kappa shape index (κ1) is 19.1. The Morgan fingerprint density at radius 3 is 2.59 bits per heavy atom. The third-order valence-corrected chi connectivity index (χ3v) is 6.61. The smallest absolute Gasteiger partial charge is 0.381 e. The van der Waals surface area contributed by atoms with Crippen molar-refractivity contribution in [3.63, 3.8) is 0 Å². The van der Waals surface area contributed by atoms with Crippen LogP contribution >= 0.6 is 0 Å². The first-order chi connectivity index (χ1) is 13.0. The van der Waals surface area contributed by atoms with E-state index in [-0.39, 0.29) is 18.1 Å². The summed E-state index contributed by atoms with van der Waals surface area (Å²) >= 11 is 0. The van der Waals surface area contributed by atoms with Crippen molar-refractivity contribution in [2.45, 2.75) is 69.4 Å². The van der Waals surface area contributed by atoms with Crippen molar-refractivity contribution in [2.75, 3.05) is 18.9 Å². The van der Waals surface area contributed by atoms with Gasteiger partial charge in [0, 0.05) is 29.8 Å². The fourth-order valence-corrected chi connectivity index (χ4v) is 5.31. The maximum absolute atomic E-state index is 13.3. The number of rotatable bonds is 3. The van der Waals surface area contributed by atoms with Gasteiger partial charge in [0.15, 0.2) is 0 Å². The van der Waals surface area contributed by atoms with Crippen LogP contribution in [0.2, 0.25) is 0 Å². The van der Waals surface area contributed by atoms with Gasteiger partial charge in [0.25, 0.3) is 0 Å². The Labute approximate surface area is 159 Å². The lowest BCUT2D eigenvalue weighted by atomic mass is 9.70. The van der Waals surface area contributed by atoms with Gasteiger partial charge in [0.2, 0.25) is 0 Å². The summed E-state index contributed by atoms with van der Waals surface area (Å²) in [6, 6.07) is 4.40. The Hall–Kier alpha value is -1.27. The number of ether oxygens (including phenoxy) is 1. The second-order valence-electron chi connectivity index (χ2n) is 8.35. The molecule has 0 bridgehead atoms. The highest BCUT2D eigenvalue weighted by Crippen LogP contribution is 2.49. The lowest BCUT2D eigenvalue weighted by Gasteiger charge is -2.48. The monoisotopic (exact) mass is 382 g/mol. The Morgan fingerprint density at radius 1 is 1.11 bits per heavy atom. The van der Waals surface area contributed by atoms with Gasteiger partial charge in [-0.25, -0.2) is 0 Å². The van der Waals surface area contributed by atoms with Crippen LogP contribution in [-0.2, 0) is 10.9 Å². The fourth-order valence-electron chi connectivity index (χ4n) is 5.31. The maximum atomic E-state index is 13.3. The highest BCUT2D eigenvalue weighted by atomic mass is 19.4. The molecule has 4 atom stereocenters. The van der Waals surface area contributed by atoms with Crippen LogP contribution in [0.3, 0.4) is 0 Å². The van der Waals surface area contributed by atoms with Crippen molar-refractivity contribution < 1.29 is 17.9 Å². The molecule has 6 heteroatoms. The number of hydrogen-bond donors (Lipinski definition) is 2. The highest BCUT2D eigenvalue weighted by molar-refractivity contribution is 5.58. The van der Waals surface area contributed by atoms with Crippen molar-refractivity contribution >= 4 is 5.69 Å². The zero-order chi connectivity index (χ0) is 19.0. The predicted octanol–water partition coefficient (Wildman–Crippen LogP) is 5.14. The van der Waals surface area contributed by atoms with E-state index >= 15 is 0 Å². The Bertz CT molecular complexity index is 657. The van der Waals surface area contributed by atoms with Crippen LogP contribution in [-0.4, -0.2) is 25.7 Å². The number of hydrogen-bond acceptors (Lipinski definition) is 3. The molecule has 1 aromatic carbocycles. The first-order valence-electron chi connectivity index (χ1n) is 10.2. The average molecular weight is 382 g/mol. The van der Waals surface area contributed by atoms with Crippen LogP contribution in [0.15, 0.2) is 18.2 Å². The van der Waals surface area contributed by atoms with Gasteiger partial charge in [0.1, 0.15) is 0 Å². The predicted molar refractivity (Wildman–Crippen MR) is 99.7 cm³/mol. The topological polar surface area (TPSA) is 33.3 Å². The molecule has 3 unspecified atom stereocenters. The van der Waals surface area contributed by atoms with E-state index < -0.39 is 11.7 Å². The molecular formula is C21H29F3N2O. The van der Waals surface area contributed by atoms with E-state index in [9.17, 15) is 13.2 Å². The molecule has 27 heavy (non-hydrogen) atoms. The van der Waals surface area contributed by atoms with Crippen molar-refractivity contribution in [3.8, 4) is 0 Å². The minimum atomic E-state index is -4.33. The summed E-state index contributed by atoms with van der Waals surface area (Å²) in [7, 11) is 1.89. The number of benzene rings is 1. The molecule has 3 aliphatic rings. The van der Waals surface area contributed by atoms with Crippen LogP contribution in [0.5, 0.6) is 0 Å². The van der Waals surface area contributed by atoms with Crippen molar-refractivity contribution in [1.82, 2.24) is 5.32 Å². The molecule has 1 aliphatic carbocycles. The zero-order valence-corrected chi connectivity index (χ0v) is 15.8. The fraction of sp³-hybridized carbons (Fsp3) is 0.714. The molecule has 2 heterocycles. The molecule has 0 aromatic heterocycles. The molecule has 4 rings (SSSR count). The summed E-state index contributed by atoms with van der Waals surface area (Å²) in [5, 5.41) is 6.77. The standard InChI is InChI=1S/C21H29F3N2O/c1-25-12-15-8-9-16-19(13-5-3-2-4-6-13)26-18-10-7-14(21(22,23)24)11-17(18)20(16)27-15/h7,10-11,13,15-16,19-20,25-26H,2-6,8-9,12H2,1H3/t15?,16?,19-,20?/m1/s1. The van der Waals surface area contributed by atoms with E-state index in [2.05, 4.69) is 10.6 Å². The van der Waals surface area contributed by atoms with Crippen LogP contribution < -0.4 is 10.6 Å². The van der Waals surface area contributed by atoms with E-state index in [0.29, 0.717) is 17.5 Å². The number of halogens is 3. The lowest BCUT2D eigenvalue weighted by molar-refractivity contribution is -0.138. The largest absolute Gasteiger partial charge is 0.416 e. The molecule has 1 saturated carbocycles. The minimum Gasteiger partial charge on any atom is -0.381 e.